The summed E-state index contributed by atoms with van der Waals surface area (Å²) in [5, 5.41) is 3.46. The van der Waals surface area contributed by atoms with E-state index in [9.17, 15) is 0 Å². The minimum atomic E-state index is 0.487. The molecule has 84 valence electrons. The summed E-state index contributed by atoms with van der Waals surface area (Å²) in [6, 6.07) is 6.02. The van der Waals surface area contributed by atoms with Crippen LogP contribution in [0.1, 0.15) is 17.5 Å². The number of azide groups is 1. The quantitative estimate of drug-likeness (QED) is 0.321. The van der Waals surface area contributed by atoms with E-state index in [-0.39, 0.29) is 0 Å². The van der Waals surface area contributed by atoms with Crippen LogP contribution in [0.25, 0.3) is 16.5 Å². The summed E-state index contributed by atoms with van der Waals surface area (Å²) < 4.78 is 5.25. The highest BCUT2D eigenvalue weighted by Gasteiger charge is 1.98. The van der Waals surface area contributed by atoms with Gasteiger partial charge in [0.1, 0.15) is 5.75 Å². The van der Waals surface area contributed by atoms with Crippen LogP contribution in [0.4, 0.5) is 0 Å². The first kappa shape index (κ1) is 12.1. The number of ether oxygens (including phenoxy) is 1. The van der Waals surface area contributed by atoms with Gasteiger partial charge in [-0.15, -0.1) is 0 Å². The zero-order valence-corrected chi connectivity index (χ0v) is 9.55. The summed E-state index contributed by atoms with van der Waals surface area (Å²) in [5.74, 6) is 0.852. The highest BCUT2D eigenvalue weighted by molar-refractivity contribution is 5.58. The molecule has 0 bridgehead atoms. The third kappa shape index (κ3) is 3.67. The highest BCUT2D eigenvalue weighted by atomic mass is 16.5. The first-order valence-electron chi connectivity index (χ1n) is 5.10. The topological polar surface area (TPSA) is 58.0 Å². The fourth-order valence-corrected chi connectivity index (χ4v) is 1.37. The van der Waals surface area contributed by atoms with Gasteiger partial charge in [-0.1, -0.05) is 28.9 Å². The molecule has 0 aliphatic heterocycles. The van der Waals surface area contributed by atoms with Crippen LogP contribution in [-0.4, -0.2) is 13.7 Å². The molecule has 1 rings (SSSR count). The molecule has 0 radical (unpaired) electrons. The second-order valence-electron chi connectivity index (χ2n) is 3.39. The molecule has 4 heteroatoms. The lowest BCUT2D eigenvalue weighted by atomic mass is 10.1. The van der Waals surface area contributed by atoms with Crippen molar-refractivity contribution in [1.82, 2.24) is 0 Å². The molecule has 0 aromatic heterocycles. The number of hydrogen-bond acceptors (Lipinski definition) is 2. The van der Waals surface area contributed by atoms with Gasteiger partial charge < -0.3 is 4.74 Å². The van der Waals surface area contributed by atoms with E-state index in [1.807, 2.05) is 31.2 Å². The Kier molecular flexibility index (Phi) is 4.96. The third-order valence-electron chi connectivity index (χ3n) is 2.14. The number of nitrogens with zero attached hydrogens (tertiary/aromatic N) is 3. The molecule has 1 aromatic rings. The van der Waals surface area contributed by atoms with Crippen LogP contribution in [-0.2, 0) is 0 Å². The summed E-state index contributed by atoms with van der Waals surface area (Å²) in [5.41, 5.74) is 10.4. The Labute approximate surface area is 95.2 Å². The van der Waals surface area contributed by atoms with Crippen LogP contribution in [0.15, 0.2) is 29.4 Å². The van der Waals surface area contributed by atoms with Crippen molar-refractivity contribution in [2.24, 2.45) is 5.11 Å². The molecule has 1 aromatic carbocycles. The van der Waals surface area contributed by atoms with E-state index in [4.69, 9.17) is 10.3 Å². The minimum Gasteiger partial charge on any atom is -0.496 e. The zero-order valence-electron chi connectivity index (χ0n) is 9.55. The average molecular weight is 217 g/mol. The molecule has 0 unspecified atom stereocenters. The van der Waals surface area contributed by atoms with Crippen LogP contribution >= 0.6 is 0 Å². The maximum Gasteiger partial charge on any atom is 0.126 e. The fraction of sp³-hybridized carbons (Fsp3) is 0.333. The first-order chi connectivity index (χ1) is 7.77. The smallest absolute Gasteiger partial charge is 0.126 e. The van der Waals surface area contributed by atoms with Crippen molar-refractivity contribution >= 4 is 6.08 Å². The highest BCUT2D eigenvalue weighted by Crippen LogP contribution is 2.21. The largest absolute Gasteiger partial charge is 0.496 e. The van der Waals surface area contributed by atoms with Crippen LogP contribution in [0.3, 0.4) is 0 Å². The van der Waals surface area contributed by atoms with E-state index >= 15 is 0 Å². The molecule has 0 saturated carbocycles. The Balaban J connectivity index is 2.71. The van der Waals surface area contributed by atoms with Crippen molar-refractivity contribution < 1.29 is 4.74 Å². The van der Waals surface area contributed by atoms with E-state index in [0.29, 0.717) is 6.54 Å². The normalized spacial score (nSPS) is 10.1. The Hall–Kier alpha value is -1.93. The maximum absolute atomic E-state index is 8.12. The Morgan fingerprint density at radius 2 is 2.31 bits per heavy atom. The summed E-state index contributed by atoms with van der Waals surface area (Å²) in [4.78, 5) is 2.69. The van der Waals surface area contributed by atoms with Gasteiger partial charge in [0.2, 0.25) is 0 Å². The van der Waals surface area contributed by atoms with E-state index in [1.165, 1.54) is 5.56 Å². The molecule has 0 aliphatic rings. The second kappa shape index (κ2) is 6.53. The van der Waals surface area contributed by atoms with Crippen LogP contribution < -0.4 is 4.74 Å². The molecule has 0 N–H and O–H groups in total. The van der Waals surface area contributed by atoms with Gasteiger partial charge in [-0.3, -0.25) is 0 Å². The van der Waals surface area contributed by atoms with Crippen molar-refractivity contribution in [2.45, 2.75) is 13.3 Å². The van der Waals surface area contributed by atoms with Gasteiger partial charge in [0, 0.05) is 17.0 Å². The lowest BCUT2D eigenvalue weighted by Gasteiger charge is -2.05. The van der Waals surface area contributed by atoms with Crippen molar-refractivity contribution in [2.75, 3.05) is 13.7 Å². The molecule has 0 aliphatic carbocycles. The average Bonchev–Trinajstić information content (AvgIpc) is 2.29. The molecule has 0 heterocycles. The molecule has 0 saturated heterocycles. The summed E-state index contributed by atoms with van der Waals surface area (Å²) >= 11 is 0. The number of hydrogen-bond donors (Lipinski definition) is 0. The van der Waals surface area contributed by atoms with Gasteiger partial charge in [0.25, 0.3) is 0 Å². The Bertz CT molecular complexity index is 420. The third-order valence-corrected chi connectivity index (χ3v) is 2.14. The first-order valence-corrected chi connectivity index (χ1v) is 5.10. The fourth-order valence-electron chi connectivity index (χ4n) is 1.37. The van der Waals surface area contributed by atoms with Crippen molar-refractivity contribution in [1.29, 1.82) is 0 Å². The predicted octanol–water partition coefficient (Wildman–Crippen LogP) is 3.72. The molecule has 0 atom stereocenters. The van der Waals surface area contributed by atoms with E-state index < -0.39 is 0 Å². The number of methoxy groups -OCH3 is 1. The minimum absolute atomic E-state index is 0.487. The van der Waals surface area contributed by atoms with Crippen LogP contribution in [0.2, 0.25) is 0 Å². The number of aryl methyl sites for hydroxylation is 1. The lowest BCUT2D eigenvalue weighted by molar-refractivity contribution is 0.413. The monoisotopic (exact) mass is 217 g/mol. The molecule has 0 amide bonds. The van der Waals surface area contributed by atoms with Gasteiger partial charge in [-0.05, 0) is 31.0 Å². The molecule has 4 nitrogen and oxygen atoms in total. The molecule has 16 heavy (non-hydrogen) atoms. The Morgan fingerprint density at radius 1 is 1.50 bits per heavy atom. The van der Waals surface area contributed by atoms with Gasteiger partial charge >= 0.3 is 0 Å². The maximum atomic E-state index is 8.12. The summed E-state index contributed by atoms with van der Waals surface area (Å²) in [7, 11) is 1.65. The van der Waals surface area contributed by atoms with Gasteiger partial charge in [-0.25, -0.2) is 0 Å². The van der Waals surface area contributed by atoms with E-state index in [0.717, 1.165) is 17.7 Å². The second-order valence-corrected chi connectivity index (χ2v) is 3.39. The van der Waals surface area contributed by atoms with E-state index in [1.54, 1.807) is 7.11 Å². The molecular weight excluding hydrogens is 202 g/mol. The standard InChI is InChI=1S/C12H15N3O/c1-10-6-7-12(16-2)11(9-10)5-3-4-8-14-15-13/h3,5-7,9H,4,8H2,1-2H3. The van der Waals surface area contributed by atoms with Gasteiger partial charge in [-0.2, -0.15) is 0 Å². The van der Waals surface area contributed by atoms with Gasteiger partial charge in [0.05, 0.1) is 7.11 Å². The van der Waals surface area contributed by atoms with Crippen LogP contribution in [0, 0.1) is 6.92 Å². The number of rotatable bonds is 5. The SMILES string of the molecule is COc1ccc(C)cc1C=CCCN=[N+]=[N-]. The van der Waals surface area contributed by atoms with E-state index in [2.05, 4.69) is 16.1 Å². The summed E-state index contributed by atoms with van der Waals surface area (Å²) in [6.45, 7) is 2.53. The van der Waals surface area contributed by atoms with Crippen LogP contribution in [0.5, 0.6) is 5.75 Å². The molecule has 0 fully saturated rings. The molecule has 0 spiro atoms. The van der Waals surface area contributed by atoms with Crippen molar-refractivity contribution in [3.05, 3.63) is 45.8 Å². The van der Waals surface area contributed by atoms with Gasteiger partial charge in [0.15, 0.2) is 0 Å². The lowest BCUT2D eigenvalue weighted by Crippen LogP contribution is -1.87. The Morgan fingerprint density at radius 3 is 3.00 bits per heavy atom. The molecular formula is C12H15N3O. The van der Waals surface area contributed by atoms with Crippen molar-refractivity contribution in [3.63, 3.8) is 0 Å². The predicted molar refractivity (Wildman–Crippen MR) is 65.4 cm³/mol. The van der Waals surface area contributed by atoms with Crippen molar-refractivity contribution in [3.8, 4) is 5.75 Å². The number of benzene rings is 1. The zero-order chi connectivity index (χ0) is 11.8. The summed E-state index contributed by atoms with van der Waals surface area (Å²) in [6.07, 6.45) is 4.70.